The van der Waals surface area contributed by atoms with Gasteiger partial charge in [0.05, 0.1) is 0 Å². The lowest BCUT2D eigenvalue weighted by atomic mass is 9.80. The highest BCUT2D eigenvalue weighted by molar-refractivity contribution is 6.31. The Morgan fingerprint density at radius 2 is 1.84 bits per heavy atom. The fourth-order valence-electron chi connectivity index (χ4n) is 4.76. The Morgan fingerprint density at radius 1 is 1.00 bits per heavy atom. The van der Waals surface area contributed by atoms with Gasteiger partial charge in [0.1, 0.15) is 0 Å². The van der Waals surface area contributed by atoms with Gasteiger partial charge in [-0.1, -0.05) is 35.9 Å². The Hall–Kier alpha value is -1.77. The molecule has 0 saturated carbocycles. The second kappa shape index (κ2) is 6.19. The summed E-state index contributed by atoms with van der Waals surface area (Å²) in [6.45, 7) is 2.23. The van der Waals surface area contributed by atoms with Crippen LogP contribution >= 0.6 is 11.6 Å². The molecule has 1 N–H and O–H groups in total. The van der Waals surface area contributed by atoms with Gasteiger partial charge in [-0.3, -0.25) is 4.90 Å². The van der Waals surface area contributed by atoms with Crippen LogP contribution in [0.3, 0.4) is 0 Å². The zero-order valence-corrected chi connectivity index (χ0v) is 15.1. The number of aromatic amines is 1. The quantitative estimate of drug-likeness (QED) is 0.673. The van der Waals surface area contributed by atoms with Crippen LogP contribution in [-0.2, 0) is 19.4 Å². The molecule has 0 unspecified atom stereocenters. The molecular weight excluding hydrogens is 328 g/mol. The largest absolute Gasteiger partial charge is 0.357 e. The van der Waals surface area contributed by atoms with Crippen LogP contribution in [0.2, 0.25) is 5.02 Å². The zero-order valence-electron chi connectivity index (χ0n) is 14.3. The van der Waals surface area contributed by atoms with Crippen molar-refractivity contribution >= 4 is 22.5 Å². The summed E-state index contributed by atoms with van der Waals surface area (Å²) >= 11 is 6.13. The molecule has 0 amide bonds. The summed E-state index contributed by atoms with van der Waals surface area (Å²) in [5, 5.41) is 2.02. The molecule has 3 heteroatoms. The number of H-pyrrole nitrogens is 1. The Kier molecular flexibility index (Phi) is 3.83. The number of nitrogens with one attached hydrogen (secondary N) is 1. The van der Waals surface area contributed by atoms with Gasteiger partial charge in [-0.2, -0.15) is 0 Å². The number of rotatable bonds is 2. The van der Waals surface area contributed by atoms with E-state index in [1.54, 1.807) is 11.1 Å². The van der Waals surface area contributed by atoms with E-state index < -0.39 is 0 Å². The Balaban J connectivity index is 1.42. The monoisotopic (exact) mass is 350 g/mol. The molecule has 2 aromatic carbocycles. The fraction of sp³-hybridized carbons (Fsp3) is 0.364. The lowest BCUT2D eigenvalue weighted by Gasteiger charge is -2.42. The maximum absolute atomic E-state index is 6.13. The van der Waals surface area contributed by atoms with Crippen LogP contribution in [0.4, 0.5) is 0 Å². The van der Waals surface area contributed by atoms with Crippen molar-refractivity contribution in [1.82, 2.24) is 9.88 Å². The highest BCUT2D eigenvalue weighted by Crippen LogP contribution is 2.33. The minimum absolute atomic E-state index is 0.660. The molecule has 6 rings (SSSR count). The predicted octanol–water partition coefficient (Wildman–Crippen LogP) is 5.20. The first-order valence-corrected chi connectivity index (χ1v) is 9.70. The SMILES string of the molecule is Clc1ccc2[nH]c(CN3C[C@@H]4CC[C@@H]3Cc3ccccc3C4)cc2c1. The third kappa shape index (κ3) is 2.98. The molecule has 3 heterocycles. The minimum atomic E-state index is 0.660. The number of piperidine rings is 1. The van der Waals surface area contributed by atoms with Gasteiger partial charge in [-0.05, 0) is 67.0 Å². The van der Waals surface area contributed by atoms with E-state index in [2.05, 4.69) is 46.3 Å². The summed E-state index contributed by atoms with van der Waals surface area (Å²) in [5.74, 6) is 0.788. The first-order chi connectivity index (χ1) is 12.2. The Bertz CT molecular complexity index is 913. The normalized spacial score (nSPS) is 23.4. The van der Waals surface area contributed by atoms with Gasteiger partial charge in [0, 0.05) is 40.8 Å². The van der Waals surface area contributed by atoms with E-state index in [1.807, 2.05) is 12.1 Å². The maximum atomic E-state index is 6.13. The average Bonchev–Trinajstić information content (AvgIpc) is 2.97. The van der Waals surface area contributed by atoms with Crippen molar-refractivity contribution in [1.29, 1.82) is 0 Å². The molecule has 2 aliphatic heterocycles. The van der Waals surface area contributed by atoms with E-state index in [4.69, 9.17) is 11.6 Å². The predicted molar refractivity (Wildman–Crippen MR) is 104 cm³/mol. The van der Waals surface area contributed by atoms with Crippen molar-refractivity contribution in [3.05, 3.63) is 70.4 Å². The van der Waals surface area contributed by atoms with Crippen LogP contribution in [-0.4, -0.2) is 22.5 Å². The molecule has 0 radical (unpaired) electrons. The van der Waals surface area contributed by atoms with Crippen molar-refractivity contribution in [3.63, 3.8) is 0 Å². The number of hydrogen-bond donors (Lipinski definition) is 1. The van der Waals surface area contributed by atoms with E-state index >= 15 is 0 Å². The van der Waals surface area contributed by atoms with Gasteiger partial charge in [0.2, 0.25) is 0 Å². The molecule has 1 saturated heterocycles. The summed E-state index contributed by atoms with van der Waals surface area (Å²) in [4.78, 5) is 6.29. The number of nitrogens with zero attached hydrogens (tertiary/aromatic N) is 1. The first-order valence-electron chi connectivity index (χ1n) is 9.32. The summed E-state index contributed by atoms with van der Waals surface area (Å²) in [6.07, 6.45) is 5.12. The third-order valence-corrected chi connectivity index (χ3v) is 6.25. The van der Waals surface area contributed by atoms with Gasteiger partial charge in [0.15, 0.2) is 0 Å². The van der Waals surface area contributed by atoms with Gasteiger partial charge in [-0.25, -0.2) is 0 Å². The van der Waals surface area contributed by atoms with Gasteiger partial charge in [-0.15, -0.1) is 0 Å². The lowest BCUT2D eigenvalue weighted by Crippen LogP contribution is -2.46. The molecule has 1 aliphatic carbocycles. The molecule has 3 aliphatic rings. The summed E-state index contributed by atoms with van der Waals surface area (Å²) in [5.41, 5.74) is 5.63. The second-order valence-corrected chi connectivity index (χ2v) is 8.17. The standard InChI is InChI=1S/C22H23ClN2/c23-19-6-8-22-18(10-19)11-20(24-22)14-25-13-15-5-7-21(25)12-17-4-2-1-3-16(17)9-15/h1-4,6,8,10-11,15,21,24H,5,7,9,12-14H2/t15-,21-/m1/s1. The van der Waals surface area contributed by atoms with Crippen LogP contribution in [0, 0.1) is 5.92 Å². The second-order valence-electron chi connectivity index (χ2n) is 7.73. The highest BCUT2D eigenvalue weighted by atomic mass is 35.5. The van der Waals surface area contributed by atoms with Gasteiger partial charge in [0.25, 0.3) is 0 Å². The smallest absolute Gasteiger partial charge is 0.0457 e. The van der Waals surface area contributed by atoms with Gasteiger partial charge >= 0.3 is 0 Å². The highest BCUT2D eigenvalue weighted by Gasteiger charge is 2.31. The van der Waals surface area contributed by atoms with Crippen molar-refractivity contribution in [2.75, 3.05) is 6.54 Å². The molecule has 2 atom stereocenters. The molecule has 2 nitrogen and oxygen atoms in total. The van der Waals surface area contributed by atoms with Crippen LogP contribution < -0.4 is 0 Å². The van der Waals surface area contributed by atoms with E-state index in [1.165, 1.54) is 48.8 Å². The molecule has 0 spiro atoms. The van der Waals surface area contributed by atoms with Crippen molar-refractivity contribution in [2.45, 2.75) is 38.3 Å². The maximum Gasteiger partial charge on any atom is 0.0457 e. The number of fused-ring (bicyclic) bond motifs is 3. The number of halogens is 1. The van der Waals surface area contributed by atoms with E-state index in [0.717, 1.165) is 17.5 Å². The Labute approximate surface area is 153 Å². The summed E-state index contributed by atoms with van der Waals surface area (Å²) in [6, 6.07) is 18.1. The van der Waals surface area contributed by atoms with Crippen LogP contribution in [0.5, 0.6) is 0 Å². The number of benzene rings is 2. The topological polar surface area (TPSA) is 19.0 Å². The molecular formula is C22H23ClN2. The third-order valence-electron chi connectivity index (χ3n) is 6.01. The molecule has 1 fully saturated rings. The molecule has 2 bridgehead atoms. The molecule has 3 aromatic rings. The van der Waals surface area contributed by atoms with Crippen LogP contribution in [0.1, 0.15) is 29.7 Å². The van der Waals surface area contributed by atoms with E-state index in [0.29, 0.717) is 6.04 Å². The van der Waals surface area contributed by atoms with Gasteiger partial charge < -0.3 is 4.98 Å². The molecule has 1 aromatic heterocycles. The van der Waals surface area contributed by atoms with Crippen LogP contribution in [0.25, 0.3) is 10.9 Å². The van der Waals surface area contributed by atoms with Crippen molar-refractivity contribution in [3.8, 4) is 0 Å². The van der Waals surface area contributed by atoms with Crippen LogP contribution in [0.15, 0.2) is 48.5 Å². The van der Waals surface area contributed by atoms with Crippen molar-refractivity contribution in [2.24, 2.45) is 5.92 Å². The Morgan fingerprint density at radius 3 is 2.72 bits per heavy atom. The van der Waals surface area contributed by atoms with Crippen molar-refractivity contribution < 1.29 is 0 Å². The molecule has 128 valence electrons. The fourth-order valence-corrected chi connectivity index (χ4v) is 4.94. The minimum Gasteiger partial charge on any atom is -0.357 e. The summed E-state index contributed by atoms with van der Waals surface area (Å²) < 4.78 is 0. The summed E-state index contributed by atoms with van der Waals surface area (Å²) in [7, 11) is 0. The number of aromatic nitrogens is 1. The van der Waals surface area contributed by atoms with E-state index in [-0.39, 0.29) is 0 Å². The lowest BCUT2D eigenvalue weighted by molar-refractivity contribution is 0.0928. The van der Waals surface area contributed by atoms with E-state index in [9.17, 15) is 0 Å². The first kappa shape index (κ1) is 15.5. The molecule has 25 heavy (non-hydrogen) atoms. The number of hydrogen-bond acceptors (Lipinski definition) is 1. The zero-order chi connectivity index (χ0) is 16.8. The average molecular weight is 351 g/mol.